The van der Waals surface area contributed by atoms with Crippen molar-refractivity contribution in [1.29, 1.82) is 0 Å². The van der Waals surface area contributed by atoms with Crippen LogP contribution in [0.4, 0.5) is 0 Å². The third kappa shape index (κ3) is 7.10. The highest BCUT2D eigenvalue weighted by Crippen LogP contribution is 2.28. The van der Waals surface area contributed by atoms with Gasteiger partial charge >= 0.3 is 0 Å². The van der Waals surface area contributed by atoms with Crippen molar-refractivity contribution in [3.05, 3.63) is 59.7 Å². The van der Waals surface area contributed by atoms with Crippen LogP contribution in [-0.4, -0.2) is 40.8 Å². The van der Waals surface area contributed by atoms with E-state index in [0.717, 1.165) is 17.7 Å². The lowest BCUT2D eigenvalue weighted by Crippen LogP contribution is -2.28. The first-order valence-corrected chi connectivity index (χ1v) is 10.6. The molecular weight excluding hydrogens is 400 g/mol. The number of hydrogen-bond acceptors (Lipinski definition) is 4. The maximum absolute atomic E-state index is 11.3. The van der Waals surface area contributed by atoms with Crippen molar-refractivity contribution < 1.29 is 15.1 Å². The molecule has 1 amide bonds. The number of likely N-dealkylation sites (tertiary alicyclic amines) is 1. The molecule has 2 aromatic carbocycles. The summed E-state index contributed by atoms with van der Waals surface area (Å²) in [6.45, 7) is 3.52. The van der Waals surface area contributed by atoms with Crippen LogP contribution in [0.25, 0.3) is 11.1 Å². The molecule has 0 radical (unpaired) electrons. The van der Waals surface area contributed by atoms with Gasteiger partial charge in [0.05, 0.1) is 0 Å². The number of piperidine rings is 1. The van der Waals surface area contributed by atoms with E-state index in [4.69, 9.17) is 5.21 Å². The Morgan fingerprint density at radius 3 is 2.10 bits per heavy atom. The second kappa shape index (κ2) is 12.7. The van der Waals surface area contributed by atoms with Gasteiger partial charge in [-0.15, -0.1) is 12.4 Å². The van der Waals surface area contributed by atoms with Gasteiger partial charge in [0.2, 0.25) is 5.91 Å². The molecule has 1 aliphatic heterocycles. The fourth-order valence-electron chi connectivity index (χ4n) is 4.12. The predicted molar refractivity (Wildman–Crippen MR) is 122 cm³/mol. The number of hydrogen-bond donors (Lipinski definition) is 3. The van der Waals surface area contributed by atoms with Crippen LogP contribution in [0.3, 0.4) is 0 Å². The second-order valence-corrected chi connectivity index (χ2v) is 7.94. The monoisotopic (exact) mass is 432 g/mol. The van der Waals surface area contributed by atoms with Crippen molar-refractivity contribution in [3.8, 4) is 11.1 Å². The number of hydroxylamine groups is 1. The van der Waals surface area contributed by atoms with E-state index >= 15 is 0 Å². The molecule has 5 nitrogen and oxygen atoms in total. The first kappa shape index (κ1) is 24.4. The molecule has 1 fully saturated rings. The number of rotatable bonds is 9. The summed E-state index contributed by atoms with van der Waals surface area (Å²) in [7, 11) is 0. The molecule has 0 unspecified atom stereocenters. The third-order valence-electron chi connectivity index (χ3n) is 5.85. The van der Waals surface area contributed by atoms with E-state index in [2.05, 4.69) is 53.4 Å². The van der Waals surface area contributed by atoms with E-state index in [0.29, 0.717) is 12.8 Å². The molecule has 2 aromatic rings. The third-order valence-corrected chi connectivity index (χ3v) is 5.85. The Hall–Kier alpha value is -1.92. The zero-order valence-corrected chi connectivity index (χ0v) is 18.2. The molecule has 6 heteroatoms. The lowest BCUT2D eigenvalue weighted by Gasteiger charge is -2.26. The number of carbonyl (C=O) groups is 1. The number of nitrogens with one attached hydrogen (secondary N) is 1. The van der Waals surface area contributed by atoms with Gasteiger partial charge in [0.1, 0.15) is 0 Å². The lowest BCUT2D eigenvalue weighted by atomic mass is 9.90. The summed E-state index contributed by atoms with van der Waals surface area (Å²) in [5.41, 5.74) is 6.49. The second-order valence-electron chi connectivity index (χ2n) is 7.94. The van der Waals surface area contributed by atoms with Crippen LogP contribution >= 0.6 is 12.4 Å². The molecule has 1 saturated heterocycles. The molecule has 3 N–H and O–H groups in total. The van der Waals surface area contributed by atoms with E-state index in [1.165, 1.54) is 43.5 Å². The molecule has 1 heterocycles. The van der Waals surface area contributed by atoms with Crippen LogP contribution in [0, 0.1) is 0 Å². The molecule has 3 rings (SSSR count). The number of aliphatic hydroxyl groups excluding tert-OH is 1. The predicted octanol–water partition coefficient (Wildman–Crippen LogP) is 4.51. The maximum atomic E-state index is 11.3. The summed E-state index contributed by atoms with van der Waals surface area (Å²) in [6, 6.07) is 17.2. The molecule has 0 aliphatic carbocycles. The average molecular weight is 433 g/mol. The quantitative estimate of drug-likeness (QED) is 0.402. The van der Waals surface area contributed by atoms with Gasteiger partial charge in [0.25, 0.3) is 0 Å². The minimum Gasteiger partial charge on any atom is -0.396 e. The minimum absolute atomic E-state index is 0. The summed E-state index contributed by atoms with van der Waals surface area (Å²) in [4.78, 5) is 13.9. The summed E-state index contributed by atoms with van der Waals surface area (Å²) < 4.78 is 0. The van der Waals surface area contributed by atoms with Crippen molar-refractivity contribution in [2.45, 2.75) is 51.0 Å². The smallest absolute Gasteiger partial charge is 0.243 e. The van der Waals surface area contributed by atoms with Gasteiger partial charge in [-0.25, -0.2) is 5.48 Å². The molecule has 30 heavy (non-hydrogen) atoms. The van der Waals surface area contributed by atoms with Gasteiger partial charge in [-0.05, 0) is 66.9 Å². The Balaban J connectivity index is 0.00000320. The van der Waals surface area contributed by atoms with Gasteiger partial charge in [-0.3, -0.25) is 14.9 Å². The van der Waals surface area contributed by atoms with E-state index in [1.54, 1.807) is 5.48 Å². The molecule has 0 bridgehead atoms. The van der Waals surface area contributed by atoms with Crippen molar-refractivity contribution >= 4 is 18.3 Å². The topological polar surface area (TPSA) is 72.8 Å². The number of amides is 1. The molecule has 0 saturated carbocycles. The highest BCUT2D eigenvalue weighted by Gasteiger charge is 2.14. The molecule has 1 aliphatic rings. The van der Waals surface area contributed by atoms with Crippen LogP contribution in [0.5, 0.6) is 0 Å². The van der Waals surface area contributed by atoms with Crippen molar-refractivity contribution in [2.75, 3.05) is 19.7 Å². The molecule has 164 valence electrons. The minimum atomic E-state index is -0.394. The van der Waals surface area contributed by atoms with Gasteiger partial charge in [0.15, 0.2) is 0 Å². The Labute approximate surface area is 185 Å². The number of halogens is 1. The molecule has 0 spiro atoms. The maximum Gasteiger partial charge on any atom is 0.243 e. The number of nitrogens with zero attached hydrogens (tertiary/aromatic N) is 1. The van der Waals surface area contributed by atoms with Crippen molar-refractivity contribution in [1.82, 2.24) is 10.4 Å². The van der Waals surface area contributed by atoms with Crippen LogP contribution < -0.4 is 5.48 Å². The normalized spacial score (nSPS) is 15.3. The first-order valence-electron chi connectivity index (χ1n) is 10.6. The summed E-state index contributed by atoms with van der Waals surface area (Å²) in [6.07, 6.45) is 5.42. The van der Waals surface area contributed by atoms with Crippen molar-refractivity contribution in [3.63, 3.8) is 0 Å². The summed E-state index contributed by atoms with van der Waals surface area (Å²) in [5, 5.41) is 18.0. The fraction of sp³-hybridized carbons (Fsp3) is 0.458. The zero-order chi connectivity index (χ0) is 20.5. The zero-order valence-electron chi connectivity index (χ0n) is 17.4. The number of aliphatic hydroxyl groups is 1. The van der Waals surface area contributed by atoms with Gasteiger partial charge < -0.3 is 5.11 Å². The van der Waals surface area contributed by atoms with Crippen LogP contribution in [0.2, 0.25) is 0 Å². The lowest BCUT2D eigenvalue weighted by molar-refractivity contribution is -0.129. The Morgan fingerprint density at radius 1 is 0.933 bits per heavy atom. The summed E-state index contributed by atoms with van der Waals surface area (Å²) in [5.74, 6) is -0.299. The molecule has 1 atom stereocenters. The molecular formula is C24H33ClN2O3. The SMILES string of the molecule is Cl.O=C(CC[C@H](CCO)c1ccc(-c2ccc(CN3CCCCC3)cc2)cc1)NO. The highest BCUT2D eigenvalue weighted by atomic mass is 35.5. The van der Waals surface area contributed by atoms with E-state index < -0.39 is 5.91 Å². The van der Waals surface area contributed by atoms with Gasteiger partial charge in [-0.2, -0.15) is 0 Å². The Bertz CT molecular complexity index is 759. The molecule has 0 aromatic heterocycles. The van der Waals surface area contributed by atoms with Crippen LogP contribution in [-0.2, 0) is 11.3 Å². The van der Waals surface area contributed by atoms with Crippen LogP contribution in [0.15, 0.2) is 48.5 Å². The number of benzene rings is 2. The fourth-order valence-corrected chi connectivity index (χ4v) is 4.12. The Morgan fingerprint density at radius 2 is 1.53 bits per heavy atom. The largest absolute Gasteiger partial charge is 0.396 e. The van der Waals surface area contributed by atoms with Crippen LogP contribution in [0.1, 0.15) is 55.6 Å². The number of carbonyl (C=O) groups excluding carboxylic acids is 1. The Kier molecular flexibility index (Phi) is 10.3. The summed E-state index contributed by atoms with van der Waals surface area (Å²) >= 11 is 0. The van der Waals surface area contributed by atoms with E-state index in [1.807, 2.05) is 0 Å². The first-order chi connectivity index (χ1) is 14.2. The van der Waals surface area contributed by atoms with Crippen molar-refractivity contribution in [2.24, 2.45) is 0 Å². The van der Waals surface area contributed by atoms with Gasteiger partial charge in [-0.1, -0.05) is 55.0 Å². The average Bonchev–Trinajstić information content (AvgIpc) is 2.78. The van der Waals surface area contributed by atoms with E-state index in [-0.39, 0.29) is 31.4 Å². The standard InChI is InChI=1S/C24H32N2O3.ClH/c27-17-14-23(12-13-24(28)25-29)22-10-8-21(9-11-22)20-6-4-19(5-7-20)18-26-15-2-1-3-16-26;/h4-11,23,27,29H,1-3,12-18H2,(H,25,28);1H/t23-;/m1./s1. The highest BCUT2D eigenvalue weighted by molar-refractivity contribution is 5.85. The van der Waals surface area contributed by atoms with Gasteiger partial charge in [0, 0.05) is 19.6 Å². The van der Waals surface area contributed by atoms with E-state index in [9.17, 15) is 9.90 Å².